The molecule has 0 amide bonds. The van der Waals surface area contributed by atoms with Gasteiger partial charge in [0.25, 0.3) is 0 Å². The fraction of sp³-hybridized carbons (Fsp3) is 0.455. The molecule has 0 radical (unpaired) electrons. The maximum atomic E-state index is 3.62. The van der Waals surface area contributed by atoms with Crippen molar-refractivity contribution in [3.63, 3.8) is 0 Å². The number of fused-ring (bicyclic) bond motifs is 3. The summed E-state index contributed by atoms with van der Waals surface area (Å²) in [6.45, 7) is 2.23. The van der Waals surface area contributed by atoms with Crippen molar-refractivity contribution in [2.45, 2.75) is 18.9 Å². The number of nitrogens with one attached hydrogen (secondary N) is 1. The normalized spacial score (nSPS) is 30.2. The summed E-state index contributed by atoms with van der Waals surface area (Å²) in [5, 5.41) is 3.51. The minimum atomic E-state index is 0.850. The van der Waals surface area contributed by atoms with Crippen LogP contribution in [0.15, 0.2) is 22.7 Å². The second-order valence-electron chi connectivity index (χ2n) is 4.04. The first-order valence-electron chi connectivity index (χ1n) is 4.84. The highest BCUT2D eigenvalue weighted by Gasteiger charge is 2.40. The van der Waals surface area contributed by atoms with E-state index in [9.17, 15) is 0 Å². The van der Waals surface area contributed by atoms with Crippen LogP contribution < -0.4 is 5.32 Å². The molecule has 1 aromatic carbocycles. The minimum absolute atomic E-state index is 0.850. The molecule has 0 aromatic heterocycles. The largest absolute Gasteiger partial charge is 0.312 e. The zero-order valence-corrected chi connectivity index (χ0v) is 8.97. The molecule has 3 rings (SSSR count). The fourth-order valence-electron chi connectivity index (χ4n) is 2.35. The van der Waals surface area contributed by atoms with Crippen molar-refractivity contribution >= 4 is 15.9 Å². The molecule has 1 aromatic rings. The molecule has 0 unspecified atom stereocenters. The quantitative estimate of drug-likeness (QED) is 0.732. The van der Waals surface area contributed by atoms with Crippen LogP contribution in [0.4, 0.5) is 0 Å². The molecule has 0 bridgehead atoms. The molecule has 0 spiro atoms. The van der Waals surface area contributed by atoms with Gasteiger partial charge in [-0.25, -0.2) is 0 Å². The summed E-state index contributed by atoms with van der Waals surface area (Å²) in [4.78, 5) is 0. The van der Waals surface area contributed by atoms with Crippen LogP contribution in [0.25, 0.3) is 0 Å². The van der Waals surface area contributed by atoms with Crippen molar-refractivity contribution in [2.75, 3.05) is 6.54 Å². The van der Waals surface area contributed by atoms with Gasteiger partial charge in [-0.2, -0.15) is 0 Å². The molecule has 68 valence electrons. The molecule has 1 aliphatic heterocycles. The molecule has 2 atom stereocenters. The van der Waals surface area contributed by atoms with E-state index >= 15 is 0 Å². The van der Waals surface area contributed by atoms with E-state index in [2.05, 4.69) is 39.4 Å². The van der Waals surface area contributed by atoms with Crippen LogP contribution in [0, 0.1) is 5.92 Å². The smallest absolute Gasteiger partial charge is 0.0223 e. The van der Waals surface area contributed by atoms with E-state index in [0.29, 0.717) is 0 Å². The highest BCUT2D eigenvalue weighted by molar-refractivity contribution is 9.10. The Hall–Kier alpha value is -0.340. The summed E-state index contributed by atoms with van der Waals surface area (Å²) in [5.41, 5.74) is 3.05. The summed E-state index contributed by atoms with van der Waals surface area (Å²) in [5.74, 6) is 1.76. The van der Waals surface area contributed by atoms with Gasteiger partial charge in [-0.15, -0.1) is 0 Å². The summed E-state index contributed by atoms with van der Waals surface area (Å²) in [6.07, 6.45) is 1.39. The maximum absolute atomic E-state index is 3.62. The molecule has 2 aliphatic rings. The van der Waals surface area contributed by atoms with Gasteiger partial charge in [-0.1, -0.05) is 28.1 Å². The van der Waals surface area contributed by atoms with Gasteiger partial charge in [0.15, 0.2) is 0 Å². The van der Waals surface area contributed by atoms with Crippen molar-refractivity contribution in [3.8, 4) is 0 Å². The minimum Gasteiger partial charge on any atom is -0.312 e. The van der Waals surface area contributed by atoms with Gasteiger partial charge >= 0.3 is 0 Å². The van der Waals surface area contributed by atoms with Crippen LogP contribution in [0.5, 0.6) is 0 Å². The van der Waals surface area contributed by atoms with Crippen LogP contribution in [-0.4, -0.2) is 6.54 Å². The lowest BCUT2D eigenvalue weighted by molar-refractivity contribution is 0.647. The Morgan fingerprint density at radius 2 is 2.31 bits per heavy atom. The molecule has 1 aliphatic carbocycles. The van der Waals surface area contributed by atoms with Gasteiger partial charge in [0.2, 0.25) is 0 Å². The van der Waals surface area contributed by atoms with Crippen molar-refractivity contribution in [2.24, 2.45) is 5.92 Å². The first-order chi connectivity index (χ1) is 6.36. The van der Waals surface area contributed by atoms with E-state index in [4.69, 9.17) is 0 Å². The van der Waals surface area contributed by atoms with Crippen molar-refractivity contribution < 1.29 is 0 Å². The van der Waals surface area contributed by atoms with E-state index < -0.39 is 0 Å². The molecule has 0 saturated heterocycles. The second kappa shape index (κ2) is 2.82. The summed E-state index contributed by atoms with van der Waals surface area (Å²) in [7, 11) is 0. The third kappa shape index (κ3) is 1.24. The number of halogens is 1. The van der Waals surface area contributed by atoms with Gasteiger partial charge in [-0.3, -0.25) is 0 Å². The van der Waals surface area contributed by atoms with Crippen LogP contribution in [0.1, 0.15) is 23.5 Å². The number of rotatable bonds is 0. The topological polar surface area (TPSA) is 12.0 Å². The SMILES string of the molecule is Brc1cccc2c1CNC[C@@H]1C[C@H]21. The molecule has 1 N–H and O–H groups in total. The van der Waals surface area contributed by atoms with Crippen LogP contribution in [0.3, 0.4) is 0 Å². The zero-order valence-electron chi connectivity index (χ0n) is 7.39. The van der Waals surface area contributed by atoms with E-state index in [1.54, 1.807) is 5.56 Å². The Morgan fingerprint density at radius 3 is 3.23 bits per heavy atom. The predicted octanol–water partition coefficient (Wildman–Crippen LogP) is 2.66. The Bertz CT molecular complexity index is 348. The summed E-state index contributed by atoms with van der Waals surface area (Å²) < 4.78 is 1.27. The first-order valence-corrected chi connectivity index (χ1v) is 5.63. The zero-order chi connectivity index (χ0) is 8.84. The second-order valence-corrected chi connectivity index (χ2v) is 4.90. The molecule has 1 heterocycles. The van der Waals surface area contributed by atoms with Crippen LogP contribution in [-0.2, 0) is 6.54 Å². The third-order valence-corrected chi connectivity index (χ3v) is 3.93. The lowest BCUT2D eigenvalue weighted by Gasteiger charge is -2.08. The fourth-order valence-corrected chi connectivity index (χ4v) is 2.87. The molecular weight excluding hydrogens is 226 g/mol. The molecule has 2 heteroatoms. The van der Waals surface area contributed by atoms with Gasteiger partial charge < -0.3 is 5.32 Å². The molecular formula is C11H12BrN. The molecule has 1 saturated carbocycles. The lowest BCUT2D eigenvalue weighted by Crippen LogP contribution is -2.14. The van der Waals surface area contributed by atoms with Crippen molar-refractivity contribution in [3.05, 3.63) is 33.8 Å². The van der Waals surface area contributed by atoms with Gasteiger partial charge in [0.05, 0.1) is 0 Å². The molecule has 1 fully saturated rings. The van der Waals surface area contributed by atoms with E-state index in [0.717, 1.165) is 18.4 Å². The lowest BCUT2D eigenvalue weighted by atomic mass is 10.0. The number of hydrogen-bond acceptors (Lipinski definition) is 1. The van der Waals surface area contributed by atoms with Gasteiger partial charge in [0, 0.05) is 11.0 Å². The standard InChI is InChI=1S/C11H12BrN/c12-11-3-1-2-8-9-4-7(9)5-13-6-10(8)11/h1-3,7,9,13H,4-6H2/t7-,9-/m0/s1. The molecule has 1 nitrogen and oxygen atoms in total. The van der Waals surface area contributed by atoms with E-state index in [1.165, 1.54) is 23.0 Å². The average molecular weight is 238 g/mol. The number of hydrogen-bond donors (Lipinski definition) is 1. The Labute approximate surface area is 86.7 Å². The van der Waals surface area contributed by atoms with Gasteiger partial charge in [-0.05, 0) is 42.0 Å². The summed E-state index contributed by atoms with van der Waals surface area (Å²) in [6, 6.07) is 6.59. The summed E-state index contributed by atoms with van der Waals surface area (Å²) >= 11 is 3.62. The maximum Gasteiger partial charge on any atom is 0.0223 e. The Balaban J connectivity index is 2.12. The third-order valence-electron chi connectivity index (χ3n) is 3.19. The highest BCUT2D eigenvalue weighted by Crippen LogP contribution is 2.50. The van der Waals surface area contributed by atoms with Gasteiger partial charge in [0.1, 0.15) is 0 Å². The Morgan fingerprint density at radius 1 is 1.38 bits per heavy atom. The predicted molar refractivity (Wildman–Crippen MR) is 56.7 cm³/mol. The first kappa shape index (κ1) is 8.01. The van der Waals surface area contributed by atoms with Crippen molar-refractivity contribution in [1.82, 2.24) is 5.32 Å². The average Bonchev–Trinajstić information content (AvgIpc) is 2.84. The van der Waals surface area contributed by atoms with E-state index in [-0.39, 0.29) is 0 Å². The van der Waals surface area contributed by atoms with Crippen LogP contribution in [0.2, 0.25) is 0 Å². The Kier molecular flexibility index (Phi) is 1.74. The monoisotopic (exact) mass is 237 g/mol. The van der Waals surface area contributed by atoms with E-state index in [1.807, 2.05) is 0 Å². The van der Waals surface area contributed by atoms with Crippen molar-refractivity contribution in [1.29, 1.82) is 0 Å². The number of benzene rings is 1. The highest BCUT2D eigenvalue weighted by atomic mass is 79.9. The van der Waals surface area contributed by atoms with Crippen LogP contribution >= 0.6 is 15.9 Å². The molecule has 13 heavy (non-hydrogen) atoms.